The van der Waals surface area contributed by atoms with E-state index in [4.69, 9.17) is 21.7 Å². The predicted molar refractivity (Wildman–Crippen MR) is 56.8 cm³/mol. The zero-order valence-electron chi connectivity index (χ0n) is 7.99. The Bertz CT molecular complexity index is 532. The zero-order chi connectivity index (χ0) is 11.6. The van der Waals surface area contributed by atoms with E-state index in [9.17, 15) is 8.42 Å². The highest BCUT2D eigenvalue weighted by atomic mass is 35.7. The Morgan fingerprint density at radius 2 is 2.13 bits per heavy atom. The van der Waals surface area contributed by atoms with Crippen LogP contribution < -0.4 is 5.73 Å². The molecule has 1 aromatic carbocycles. The summed E-state index contributed by atoms with van der Waals surface area (Å²) in [5.74, 6) is 0. The zero-order valence-corrected chi connectivity index (χ0v) is 9.56. The molecule has 0 saturated heterocycles. The lowest BCUT2D eigenvalue weighted by molar-refractivity contribution is 0.609. The van der Waals surface area contributed by atoms with Crippen LogP contribution in [0.25, 0.3) is 0 Å². The first-order chi connectivity index (χ1) is 6.91. The van der Waals surface area contributed by atoms with Crippen molar-refractivity contribution in [2.75, 3.05) is 0 Å². The summed E-state index contributed by atoms with van der Waals surface area (Å²) in [7, 11) is 1.45. The number of hydrogen-bond donors (Lipinski definition) is 1. The van der Waals surface area contributed by atoms with Gasteiger partial charge in [-0.3, -0.25) is 0 Å². The molecule has 0 atom stereocenters. The predicted octanol–water partition coefficient (Wildman–Crippen LogP) is 1.25. The highest BCUT2D eigenvalue weighted by Crippen LogP contribution is 2.24. The van der Waals surface area contributed by atoms with Crippen LogP contribution in [0.15, 0.2) is 17.0 Å². The van der Waals surface area contributed by atoms with Gasteiger partial charge in [-0.25, -0.2) is 8.42 Å². The van der Waals surface area contributed by atoms with Crippen LogP contribution in [0, 0.1) is 18.3 Å². The standard InChI is InChI=1S/C9H9ClN2O2S/c1-6-8(5-12)7(4-11)2-3-9(6)15(10,13)14/h2-3H,5,12H2,1H3. The number of hydrogen-bond acceptors (Lipinski definition) is 4. The molecule has 0 fully saturated rings. The molecule has 0 heterocycles. The van der Waals surface area contributed by atoms with Crippen LogP contribution in [-0.2, 0) is 15.6 Å². The minimum atomic E-state index is -3.78. The van der Waals surface area contributed by atoms with Gasteiger partial charge in [-0.05, 0) is 30.2 Å². The van der Waals surface area contributed by atoms with E-state index in [1.54, 1.807) is 6.92 Å². The monoisotopic (exact) mass is 244 g/mol. The molecule has 4 nitrogen and oxygen atoms in total. The molecule has 6 heteroatoms. The summed E-state index contributed by atoms with van der Waals surface area (Å²) in [6, 6.07) is 4.67. The summed E-state index contributed by atoms with van der Waals surface area (Å²) in [5.41, 5.74) is 6.77. The number of nitrogens with zero attached hydrogens (tertiary/aromatic N) is 1. The molecule has 0 aliphatic carbocycles. The number of benzene rings is 1. The molecule has 0 unspecified atom stereocenters. The third-order valence-electron chi connectivity index (χ3n) is 2.14. The van der Waals surface area contributed by atoms with Gasteiger partial charge in [0, 0.05) is 17.2 Å². The molecule has 0 amide bonds. The first-order valence-electron chi connectivity index (χ1n) is 4.09. The van der Waals surface area contributed by atoms with E-state index in [0.717, 1.165) is 0 Å². The lowest BCUT2D eigenvalue weighted by atomic mass is 10.0. The number of rotatable bonds is 2. The minimum Gasteiger partial charge on any atom is -0.326 e. The van der Waals surface area contributed by atoms with Crippen molar-refractivity contribution in [3.05, 3.63) is 28.8 Å². The van der Waals surface area contributed by atoms with Crippen molar-refractivity contribution in [2.24, 2.45) is 5.73 Å². The summed E-state index contributed by atoms with van der Waals surface area (Å²) in [6.45, 7) is 1.69. The van der Waals surface area contributed by atoms with Crippen molar-refractivity contribution in [1.82, 2.24) is 0 Å². The van der Waals surface area contributed by atoms with Crippen molar-refractivity contribution < 1.29 is 8.42 Å². The Kier molecular flexibility index (Phi) is 3.35. The van der Waals surface area contributed by atoms with Crippen molar-refractivity contribution in [3.8, 4) is 6.07 Å². The molecule has 80 valence electrons. The maximum Gasteiger partial charge on any atom is 0.261 e. The summed E-state index contributed by atoms with van der Waals surface area (Å²) in [6.07, 6.45) is 0. The van der Waals surface area contributed by atoms with Gasteiger partial charge in [-0.1, -0.05) is 0 Å². The average molecular weight is 245 g/mol. The van der Waals surface area contributed by atoms with Crippen LogP contribution >= 0.6 is 10.7 Å². The van der Waals surface area contributed by atoms with Gasteiger partial charge in [-0.15, -0.1) is 0 Å². The third-order valence-corrected chi connectivity index (χ3v) is 3.60. The Morgan fingerprint density at radius 3 is 2.53 bits per heavy atom. The SMILES string of the molecule is Cc1c(S(=O)(=O)Cl)ccc(C#N)c1CN. The van der Waals surface area contributed by atoms with Crippen LogP contribution in [0.4, 0.5) is 0 Å². The Labute approximate surface area is 92.7 Å². The van der Waals surface area contributed by atoms with Crippen LogP contribution in [-0.4, -0.2) is 8.42 Å². The molecule has 1 rings (SSSR count). The van der Waals surface area contributed by atoms with E-state index in [1.165, 1.54) is 12.1 Å². The molecule has 0 radical (unpaired) electrons. The molecular formula is C9H9ClN2O2S. The molecule has 0 aliphatic rings. The fourth-order valence-corrected chi connectivity index (χ4v) is 2.59. The summed E-state index contributed by atoms with van der Waals surface area (Å²) < 4.78 is 22.3. The highest BCUT2D eigenvalue weighted by Gasteiger charge is 2.17. The molecule has 0 aromatic heterocycles. The van der Waals surface area contributed by atoms with Gasteiger partial charge in [0.1, 0.15) is 0 Å². The number of halogens is 1. The summed E-state index contributed by atoms with van der Waals surface area (Å²) >= 11 is 0. The Balaban J connectivity index is 3.59. The van der Waals surface area contributed by atoms with E-state index in [2.05, 4.69) is 0 Å². The van der Waals surface area contributed by atoms with Gasteiger partial charge in [0.2, 0.25) is 0 Å². The topological polar surface area (TPSA) is 84.0 Å². The first kappa shape index (κ1) is 12.0. The van der Waals surface area contributed by atoms with Gasteiger partial charge in [0.05, 0.1) is 16.5 Å². The van der Waals surface area contributed by atoms with E-state index in [1.807, 2.05) is 6.07 Å². The third kappa shape index (κ3) is 2.29. The smallest absolute Gasteiger partial charge is 0.261 e. The van der Waals surface area contributed by atoms with Crippen molar-refractivity contribution >= 4 is 19.7 Å². The molecule has 1 aromatic rings. The van der Waals surface area contributed by atoms with Crippen LogP contribution in [0.3, 0.4) is 0 Å². The lowest BCUT2D eigenvalue weighted by Crippen LogP contribution is -2.06. The van der Waals surface area contributed by atoms with Gasteiger partial charge in [-0.2, -0.15) is 5.26 Å². The van der Waals surface area contributed by atoms with E-state index >= 15 is 0 Å². The van der Waals surface area contributed by atoms with Crippen LogP contribution in [0.2, 0.25) is 0 Å². The molecule has 15 heavy (non-hydrogen) atoms. The maximum absolute atomic E-state index is 11.2. The quantitative estimate of drug-likeness (QED) is 0.794. The summed E-state index contributed by atoms with van der Waals surface area (Å²) in [5, 5.41) is 8.78. The number of nitrogens with two attached hydrogens (primary N) is 1. The highest BCUT2D eigenvalue weighted by molar-refractivity contribution is 8.13. The van der Waals surface area contributed by atoms with Gasteiger partial charge in [0.25, 0.3) is 9.05 Å². The van der Waals surface area contributed by atoms with E-state index in [0.29, 0.717) is 16.7 Å². The van der Waals surface area contributed by atoms with Gasteiger partial charge in [0.15, 0.2) is 0 Å². The number of nitriles is 1. The second-order valence-electron chi connectivity index (χ2n) is 2.97. The molecule has 0 saturated carbocycles. The largest absolute Gasteiger partial charge is 0.326 e. The van der Waals surface area contributed by atoms with Gasteiger partial charge < -0.3 is 5.73 Å². The fourth-order valence-electron chi connectivity index (χ4n) is 1.37. The average Bonchev–Trinajstić information content (AvgIpc) is 2.15. The molecule has 2 N–H and O–H groups in total. The maximum atomic E-state index is 11.2. The second kappa shape index (κ2) is 4.19. The van der Waals surface area contributed by atoms with Crippen LogP contribution in [0.5, 0.6) is 0 Å². The normalized spacial score (nSPS) is 11.1. The molecule has 0 spiro atoms. The minimum absolute atomic E-state index is 0.00335. The first-order valence-corrected chi connectivity index (χ1v) is 6.40. The van der Waals surface area contributed by atoms with Crippen molar-refractivity contribution in [1.29, 1.82) is 5.26 Å². The molecular weight excluding hydrogens is 236 g/mol. The fraction of sp³-hybridized carbons (Fsp3) is 0.222. The molecule has 0 bridgehead atoms. The lowest BCUT2D eigenvalue weighted by Gasteiger charge is -2.08. The van der Waals surface area contributed by atoms with Gasteiger partial charge >= 0.3 is 0 Å². The Morgan fingerprint density at radius 1 is 1.53 bits per heavy atom. The van der Waals surface area contributed by atoms with E-state index < -0.39 is 9.05 Å². The Hall–Kier alpha value is -1.09. The van der Waals surface area contributed by atoms with E-state index in [-0.39, 0.29) is 11.4 Å². The molecule has 0 aliphatic heterocycles. The van der Waals surface area contributed by atoms with Crippen molar-refractivity contribution in [3.63, 3.8) is 0 Å². The van der Waals surface area contributed by atoms with Crippen molar-refractivity contribution in [2.45, 2.75) is 18.4 Å². The summed E-state index contributed by atoms with van der Waals surface area (Å²) in [4.78, 5) is 0.00335. The second-order valence-corrected chi connectivity index (χ2v) is 5.50. The van der Waals surface area contributed by atoms with Crippen LogP contribution in [0.1, 0.15) is 16.7 Å².